The lowest BCUT2D eigenvalue weighted by Crippen LogP contribution is -2.30. The predicted octanol–water partition coefficient (Wildman–Crippen LogP) is 23.1. The fraction of sp³-hybridized carbons (Fsp3) is 0.817. The summed E-state index contributed by atoms with van der Waals surface area (Å²) >= 11 is 0. The molecule has 0 aliphatic carbocycles. The van der Waals surface area contributed by atoms with E-state index in [1.807, 2.05) is 0 Å². The van der Waals surface area contributed by atoms with Crippen molar-refractivity contribution in [1.82, 2.24) is 0 Å². The van der Waals surface area contributed by atoms with Crippen LogP contribution in [0, 0.1) is 0 Å². The molecule has 0 aromatic carbocycles. The Hall–Kier alpha value is -2.89. The van der Waals surface area contributed by atoms with E-state index in [1.165, 1.54) is 231 Å². The highest BCUT2D eigenvalue weighted by atomic mass is 16.6. The Morgan fingerprint density at radius 1 is 0.273 bits per heavy atom. The second kappa shape index (κ2) is 65.6. The third-order valence-corrected chi connectivity index (χ3v) is 15.0. The van der Waals surface area contributed by atoms with E-state index in [0.717, 1.165) is 83.5 Å². The van der Waals surface area contributed by atoms with Crippen LogP contribution in [0.2, 0.25) is 0 Å². The number of ether oxygens (including phenoxy) is 3. The molecule has 0 bridgehead atoms. The Morgan fingerprint density at radius 2 is 0.506 bits per heavy atom. The minimum absolute atomic E-state index is 0.0703. The quantitative estimate of drug-likeness (QED) is 0.0261. The highest BCUT2D eigenvalue weighted by Crippen LogP contribution is 2.18. The van der Waals surface area contributed by atoms with Gasteiger partial charge in [-0.1, -0.05) is 313 Å². The molecule has 77 heavy (non-hydrogen) atoms. The van der Waals surface area contributed by atoms with E-state index in [4.69, 9.17) is 14.2 Å². The molecule has 0 aromatic rings. The fourth-order valence-electron chi connectivity index (χ4n) is 9.96. The van der Waals surface area contributed by atoms with Gasteiger partial charge < -0.3 is 14.2 Å². The number of unbranched alkanes of at least 4 members (excludes halogenated alkanes) is 41. The molecule has 1 unspecified atom stereocenters. The number of rotatable bonds is 62. The summed E-state index contributed by atoms with van der Waals surface area (Å²) in [6, 6.07) is 0. The number of carbonyl (C=O) groups excluding carboxylic acids is 3. The number of esters is 3. The maximum Gasteiger partial charge on any atom is 0.306 e. The Bertz CT molecular complexity index is 1380. The Morgan fingerprint density at radius 3 is 0.805 bits per heavy atom. The second-order valence-electron chi connectivity index (χ2n) is 22.7. The van der Waals surface area contributed by atoms with Crippen LogP contribution in [0.4, 0.5) is 0 Å². The first-order valence-electron chi connectivity index (χ1n) is 33.8. The van der Waals surface area contributed by atoms with Crippen LogP contribution in [0.1, 0.15) is 355 Å². The summed E-state index contributed by atoms with van der Waals surface area (Å²) in [5.74, 6) is -0.852. The second-order valence-corrected chi connectivity index (χ2v) is 22.7. The third kappa shape index (κ3) is 63.8. The molecule has 0 aliphatic heterocycles. The van der Waals surface area contributed by atoms with Gasteiger partial charge in [0.05, 0.1) is 0 Å². The highest BCUT2D eigenvalue weighted by molar-refractivity contribution is 5.71. The summed E-state index contributed by atoms with van der Waals surface area (Å²) in [5.41, 5.74) is 0. The van der Waals surface area contributed by atoms with E-state index in [9.17, 15) is 14.4 Å². The van der Waals surface area contributed by atoms with E-state index in [0.29, 0.717) is 19.3 Å². The average Bonchev–Trinajstić information content (AvgIpc) is 3.43. The number of hydrogen-bond donors (Lipinski definition) is 0. The lowest BCUT2D eigenvalue weighted by Gasteiger charge is -2.18. The molecule has 0 aromatic heterocycles. The first-order valence-corrected chi connectivity index (χ1v) is 33.8. The zero-order valence-corrected chi connectivity index (χ0v) is 51.5. The van der Waals surface area contributed by atoms with Crippen LogP contribution in [-0.4, -0.2) is 37.2 Å². The average molecular weight is 1080 g/mol. The molecule has 0 heterocycles. The lowest BCUT2D eigenvalue weighted by atomic mass is 10.0. The van der Waals surface area contributed by atoms with Gasteiger partial charge in [-0.3, -0.25) is 14.4 Å². The first kappa shape index (κ1) is 74.1. The molecule has 0 rings (SSSR count). The van der Waals surface area contributed by atoms with E-state index in [2.05, 4.69) is 81.5 Å². The van der Waals surface area contributed by atoms with E-state index in [1.54, 1.807) is 0 Å². The summed E-state index contributed by atoms with van der Waals surface area (Å²) < 4.78 is 17.0. The van der Waals surface area contributed by atoms with Crippen molar-refractivity contribution in [2.45, 2.75) is 361 Å². The van der Waals surface area contributed by atoms with Gasteiger partial charge in [-0.2, -0.15) is 0 Å². The smallest absolute Gasteiger partial charge is 0.306 e. The van der Waals surface area contributed by atoms with E-state index in [-0.39, 0.29) is 31.1 Å². The molecule has 0 spiro atoms. The van der Waals surface area contributed by atoms with Crippen molar-refractivity contribution in [3.05, 3.63) is 60.8 Å². The molecular formula is C71H128O6. The fourth-order valence-corrected chi connectivity index (χ4v) is 9.96. The van der Waals surface area contributed by atoms with Crippen molar-refractivity contribution < 1.29 is 28.6 Å². The third-order valence-electron chi connectivity index (χ3n) is 15.0. The number of carbonyl (C=O) groups is 3. The normalized spacial score (nSPS) is 12.4. The van der Waals surface area contributed by atoms with Crippen LogP contribution in [-0.2, 0) is 28.6 Å². The summed E-state index contributed by atoms with van der Waals surface area (Å²) in [6.45, 7) is 6.57. The Labute approximate surface area is 479 Å². The van der Waals surface area contributed by atoms with Gasteiger partial charge >= 0.3 is 17.9 Å². The first-order chi connectivity index (χ1) is 38.0. The van der Waals surface area contributed by atoms with Crippen molar-refractivity contribution in [2.75, 3.05) is 13.2 Å². The van der Waals surface area contributed by atoms with Gasteiger partial charge in [0.25, 0.3) is 0 Å². The van der Waals surface area contributed by atoms with Gasteiger partial charge in [0, 0.05) is 19.3 Å². The van der Waals surface area contributed by atoms with Gasteiger partial charge in [0.15, 0.2) is 6.10 Å². The van der Waals surface area contributed by atoms with Crippen LogP contribution in [0.15, 0.2) is 60.8 Å². The van der Waals surface area contributed by atoms with Crippen molar-refractivity contribution in [2.24, 2.45) is 0 Å². The summed E-state index contributed by atoms with van der Waals surface area (Å²) in [4.78, 5) is 38.3. The number of allylic oxidation sites excluding steroid dienone is 10. The van der Waals surface area contributed by atoms with Crippen molar-refractivity contribution >= 4 is 17.9 Å². The molecule has 0 radical (unpaired) electrons. The number of hydrogen-bond acceptors (Lipinski definition) is 6. The molecule has 6 nitrogen and oxygen atoms in total. The van der Waals surface area contributed by atoms with E-state index < -0.39 is 6.10 Å². The summed E-state index contributed by atoms with van der Waals surface area (Å²) in [6.07, 6.45) is 83.8. The lowest BCUT2D eigenvalue weighted by molar-refractivity contribution is -0.167. The Balaban J connectivity index is 4.20. The van der Waals surface area contributed by atoms with Gasteiger partial charge in [-0.25, -0.2) is 0 Å². The van der Waals surface area contributed by atoms with Gasteiger partial charge in [0.1, 0.15) is 13.2 Å². The summed E-state index contributed by atoms with van der Waals surface area (Å²) in [7, 11) is 0. The van der Waals surface area contributed by atoms with Gasteiger partial charge in [0.2, 0.25) is 0 Å². The van der Waals surface area contributed by atoms with Crippen molar-refractivity contribution in [1.29, 1.82) is 0 Å². The van der Waals surface area contributed by atoms with Crippen LogP contribution in [0.3, 0.4) is 0 Å². The standard InChI is InChI=1S/C71H128O6/c1-4-7-10-13-16-19-22-25-27-29-30-31-32-33-34-35-36-37-38-39-40-42-43-46-49-52-55-58-61-64-70(73)76-67-68(66-75-69(72)63-60-57-54-51-48-45-24-21-18-15-12-9-6-3)77-71(74)65-62-59-56-53-50-47-44-41-28-26-23-20-17-14-11-8-5-2/h7,10,16,19,25-28,30-31,68H,4-6,8-9,11-15,17-18,20-24,29,32-67H2,1-3H3/b10-7-,19-16-,27-25-,28-26-,31-30-. The van der Waals surface area contributed by atoms with Crippen LogP contribution in [0.25, 0.3) is 0 Å². The highest BCUT2D eigenvalue weighted by Gasteiger charge is 2.19. The zero-order valence-electron chi connectivity index (χ0n) is 51.5. The van der Waals surface area contributed by atoms with Gasteiger partial charge in [-0.05, 0) is 83.5 Å². The molecule has 0 N–H and O–H groups in total. The minimum Gasteiger partial charge on any atom is -0.462 e. The Kier molecular flexibility index (Phi) is 63.2. The maximum absolute atomic E-state index is 12.9. The molecule has 0 amide bonds. The van der Waals surface area contributed by atoms with Crippen LogP contribution in [0.5, 0.6) is 0 Å². The molecular weight excluding hydrogens is 949 g/mol. The summed E-state index contributed by atoms with van der Waals surface area (Å²) in [5, 5.41) is 0. The monoisotopic (exact) mass is 1080 g/mol. The predicted molar refractivity (Wildman–Crippen MR) is 335 cm³/mol. The molecule has 0 aliphatic rings. The van der Waals surface area contributed by atoms with Crippen molar-refractivity contribution in [3.63, 3.8) is 0 Å². The maximum atomic E-state index is 12.9. The SMILES string of the molecule is CC/C=C\C/C=C\C/C=C\C/C=C\CCCCCCCCCCCCCCCCCCC(=O)OCC(COC(=O)CCCCCCCCCCCCCCC)OC(=O)CCCCCCCCC/C=C\CCCCCCCC. The topological polar surface area (TPSA) is 78.9 Å². The molecule has 0 saturated heterocycles. The molecule has 1 atom stereocenters. The molecule has 6 heteroatoms. The van der Waals surface area contributed by atoms with E-state index >= 15 is 0 Å². The minimum atomic E-state index is -0.773. The molecule has 0 fully saturated rings. The van der Waals surface area contributed by atoms with Crippen molar-refractivity contribution in [3.8, 4) is 0 Å². The molecule has 448 valence electrons. The van der Waals surface area contributed by atoms with Crippen LogP contribution < -0.4 is 0 Å². The zero-order chi connectivity index (χ0) is 55.7. The van der Waals surface area contributed by atoms with Gasteiger partial charge in [-0.15, -0.1) is 0 Å². The van der Waals surface area contributed by atoms with Crippen LogP contribution >= 0.6 is 0 Å². The largest absolute Gasteiger partial charge is 0.462 e. The molecule has 0 saturated carbocycles.